The van der Waals surface area contributed by atoms with Crippen molar-refractivity contribution in [3.05, 3.63) is 46.2 Å². The Labute approximate surface area is 135 Å². The molecule has 1 aliphatic rings. The number of halogens is 2. The monoisotopic (exact) mass is 323 g/mol. The Hall–Kier alpha value is -1.19. The van der Waals surface area contributed by atoms with Crippen molar-refractivity contribution in [3.63, 3.8) is 0 Å². The number of hydrogen-bond donors (Lipinski definition) is 1. The van der Waals surface area contributed by atoms with Crippen LogP contribution in [0.1, 0.15) is 44.2 Å². The quantitative estimate of drug-likeness (QED) is 0.842. The molecule has 1 saturated carbocycles. The standard InChI is InChI=1S/C16H19Cl2N3/c1-11(14-7-6-12(17)10-15(14)18)21-9-8-19-16(21)20-13-4-2-3-5-13/h6-11,13H,2-5H2,1H3,(H,19,20). The second kappa shape index (κ2) is 6.29. The summed E-state index contributed by atoms with van der Waals surface area (Å²) in [6, 6.07) is 6.30. The Morgan fingerprint density at radius 1 is 1.29 bits per heavy atom. The molecular formula is C16H19Cl2N3. The lowest BCUT2D eigenvalue weighted by Crippen LogP contribution is -2.19. The number of hydrogen-bond acceptors (Lipinski definition) is 2. The van der Waals surface area contributed by atoms with Crippen molar-refractivity contribution < 1.29 is 0 Å². The predicted octanol–water partition coefficient (Wildman–Crippen LogP) is 5.15. The van der Waals surface area contributed by atoms with E-state index in [0.717, 1.165) is 11.5 Å². The van der Waals surface area contributed by atoms with E-state index in [2.05, 4.69) is 21.8 Å². The molecule has 0 saturated heterocycles. The summed E-state index contributed by atoms with van der Waals surface area (Å²) in [6.45, 7) is 2.12. The molecule has 0 amide bonds. The third kappa shape index (κ3) is 3.19. The number of nitrogens with one attached hydrogen (secondary N) is 1. The molecule has 0 spiro atoms. The molecule has 21 heavy (non-hydrogen) atoms. The molecule has 1 heterocycles. The van der Waals surface area contributed by atoms with Gasteiger partial charge in [0.25, 0.3) is 0 Å². The number of rotatable bonds is 4. The second-order valence-electron chi connectivity index (χ2n) is 5.63. The molecule has 1 aromatic heterocycles. The van der Waals surface area contributed by atoms with Crippen molar-refractivity contribution in [1.82, 2.24) is 9.55 Å². The molecular weight excluding hydrogens is 305 g/mol. The molecule has 3 nitrogen and oxygen atoms in total. The van der Waals surface area contributed by atoms with Gasteiger partial charge >= 0.3 is 0 Å². The second-order valence-corrected chi connectivity index (χ2v) is 6.47. The summed E-state index contributed by atoms with van der Waals surface area (Å²) in [5.74, 6) is 0.917. The van der Waals surface area contributed by atoms with Gasteiger partial charge in [0.15, 0.2) is 0 Å². The van der Waals surface area contributed by atoms with Gasteiger partial charge in [0.1, 0.15) is 0 Å². The summed E-state index contributed by atoms with van der Waals surface area (Å²) in [5, 5.41) is 4.90. The van der Waals surface area contributed by atoms with Crippen LogP contribution in [0.25, 0.3) is 0 Å². The summed E-state index contributed by atoms with van der Waals surface area (Å²) in [5.41, 5.74) is 1.05. The molecule has 1 aromatic carbocycles. The smallest absolute Gasteiger partial charge is 0.203 e. The Morgan fingerprint density at radius 2 is 2.05 bits per heavy atom. The number of imidazole rings is 1. The minimum absolute atomic E-state index is 0.112. The van der Waals surface area contributed by atoms with Gasteiger partial charge in [0, 0.05) is 28.5 Å². The zero-order valence-corrected chi connectivity index (χ0v) is 13.5. The molecule has 0 aliphatic heterocycles. The number of anilines is 1. The van der Waals surface area contributed by atoms with E-state index in [1.54, 1.807) is 6.07 Å². The molecule has 112 valence electrons. The molecule has 1 aliphatic carbocycles. The Morgan fingerprint density at radius 3 is 2.76 bits per heavy atom. The van der Waals surface area contributed by atoms with Gasteiger partial charge in [-0.05, 0) is 37.5 Å². The van der Waals surface area contributed by atoms with Crippen LogP contribution >= 0.6 is 23.2 Å². The summed E-state index contributed by atoms with van der Waals surface area (Å²) in [6.07, 6.45) is 8.88. The number of nitrogens with zero attached hydrogens (tertiary/aromatic N) is 2. The van der Waals surface area contributed by atoms with Crippen LogP contribution in [-0.2, 0) is 0 Å². The van der Waals surface area contributed by atoms with Gasteiger partial charge in [-0.2, -0.15) is 0 Å². The van der Waals surface area contributed by atoms with Crippen LogP contribution < -0.4 is 5.32 Å². The molecule has 1 unspecified atom stereocenters. The van der Waals surface area contributed by atoms with Crippen molar-refractivity contribution in [2.24, 2.45) is 0 Å². The van der Waals surface area contributed by atoms with E-state index in [1.165, 1.54) is 25.7 Å². The Kier molecular flexibility index (Phi) is 4.41. The SMILES string of the molecule is CC(c1ccc(Cl)cc1Cl)n1ccnc1NC1CCCC1. The molecule has 3 rings (SSSR count). The van der Waals surface area contributed by atoms with Crippen LogP contribution in [-0.4, -0.2) is 15.6 Å². The average Bonchev–Trinajstić information content (AvgIpc) is 3.10. The molecule has 5 heteroatoms. The van der Waals surface area contributed by atoms with Gasteiger partial charge in [-0.15, -0.1) is 0 Å². The van der Waals surface area contributed by atoms with E-state index in [4.69, 9.17) is 23.2 Å². The summed E-state index contributed by atoms with van der Waals surface area (Å²) >= 11 is 12.3. The summed E-state index contributed by atoms with van der Waals surface area (Å²) in [4.78, 5) is 4.46. The van der Waals surface area contributed by atoms with Crippen molar-refractivity contribution in [3.8, 4) is 0 Å². The van der Waals surface area contributed by atoms with Gasteiger partial charge in [-0.25, -0.2) is 4.98 Å². The lowest BCUT2D eigenvalue weighted by atomic mass is 10.1. The van der Waals surface area contributed by atoms with E-state index in [1.807, 2.05) is 24.5 Å². The largest absolute Gasteiger partial charge is 0.353 e. The summed E-state index contributed by atoms with van der Waals surface area (Å²) in [7, 11) is 0. The van der Waals surface area contributed by atoms with Crippen molar-refractivity contribution in [1.29, 1.82) is 0 Å². The molecule has 0 radical (unpaired) electrons. The van der Waals surface area contributed by atoms with Gasteiger partial charge in [0.2, 0.25) is 5.95 Å². The molecule has 1 atom stereocenters. The normalized spacial score (nSPS) is 17.1. The maximum atomic E-state index is 6.33. The first kappa shape index (κ1) is 14.7. The van der Waals surface area contributed by atoms with Crippen LogP contribution in [0.3, 0.4) is 0 Å². The highest BCUT2D eigenvalue weighted by molar-refractivity contribution is 6.35. The fraction of sp³-hybridized carbons (Fsp3) is 0.438. The lowest BCUT2D eigenvalue weighted by Gasteiger charge is -2.20. The highest BCUT2D eigenvalue weighted by atomic mass is 35.5. The van der Waals surface area contributed by atoms with Gasteiger partial charge in [0.05, 0.1) is 6.04 Å². The van der Waals surface area contributed by atoms with Crippen LogP contribution in [0.4, 0.5) is 5.95 Å². The van der Waals surface area contributed by atoms with Gasteiger partial charge in [-0.3, -0.25) is 0 Å². The Balaban J connectivity index is 1.84. The first-order valence-electron chi connectivity index (χ1n) is 7.39. The predicted molar refractivity (Wildman–Crippen MR) is 88.4 cm³/mol. The minimum atomic E-state index is 0.112. The molecule has 1 N–H and O–H groups in total. The van der Waals surface area contributed by atoms with E-state index in [-0.39, 0.29) is 6.04 Å². The third-order valence-corrected chi connectivity index (χ3v) is 4.75. The molecule has 2 aromatic rings. The third-order valence-electron chi connectivity index (χ3n) is 4.19. The zero-order valence-electron chi connectivity index (χ0n) is 12.0. The molecule has 1 fully saturated rings. The highest BCUT2D eigenvalue weighted by Gasteiger charge is 2.19. The highest BCUT2D eigenvalue weighted by Crippen LogP contribution is 2.31. The lowest BCUT2D eigenvalue weighted by molar-refractivity contribution is 0.630. The van der Waals surface area contributed by atoms with Crippen LogP contribution in [0, 0.1) is 0 Å². The number of benzene rings is 1. The fourth-order valence-corrected chi connectivity index (χ4v) is 3.55. The van der Waals surface area contributed by atoms with Crippen molar-refractivity contribution >= 4 is 29.2 Å². The van der Waals surface area contributed by atoms with Crippen molar-refractivity contribution in [2.45, 2.75) is 44.7 Å². The zero-order chi connectivity index (χ0) is 14.8. The van der Waals surface area contributed by atoms with E-state index in [9.17, 15) is 0 Å². The van der Waals surface area contributed by atoms with Gasteiger partial charge in [-0.1, -0.05) is 42.1 Å². The molecule has 0 bridgehead atoms. The topological polar surface area (TPSA) is 29.9 Å². The van der Waals surface area contributed by atoms with E-state index in [0.29, 0.717) is 16.1 Å². The summed E-state index contributed by atoms with van der Waals surface area (Å²) < 4.78 is 2.13. The fourth-order valence-electron chi connectivity index (χ4n) is 2.98. The van der Waals surface area contributed by atoms with Gasteiger partial charge < -0.3 is 9.88 Å². The van der Waals surface area contributed by atoms with Crippen molar-refractivity contribution in [2.75, 3.05) is 5.32 Å². The number of aromatic nitrogens is 2. The van der Waals surface area contributed by atoms with E-state index >= 15 is 0 Å². The van der Waals surface area contributed by atoms with Crippen LogP contribution in [0.5, 0.6) is 0 Å². The van der Waals surface area contributed by atoms with Crippen LogP contribution in [0.2, 0.25) is 10.0 Å². The Bertz CT molecular complexity index is 618. The maximum absolute atomic E-state index is 6.33. The average molecular weight is 324 g/mol. The van der Waals surface area contributed by atoms with Crippen LogP contribution in [0.15, 0.2) is 30.6 Å². The van der Waals surface area contributed by atoms with E-state index < -0.39 is 0 Å². The minimum Gasteiger partial charge on any atom is -0.353 e. The first-order valence-corrected chi connectivity index (χ1v) is 8.15. The maximum Gasteiger partial charge on any atom is 0.203 e. The first-order chi connectivity index (χ1) is 10.1.